The molecule has 0 bridgehead atoms. The molecule has 15 heavy (non-hydrogen) atoms. The van der Waals surface area contributed by atoms with Crippen molar-refractivity contribution in [3.05, 3.63) is 35.3 Å². The van der Waals surface area contributed by atoms with Crippen molar-refractivity contribution in [1.29, 1.82) is 5.39 Å². The standard InChI is InChI=1S/C11H8N2O2/c1-15-10-4-2-3-8-7(10)5-6-9(13-12)11(8)14/h2-6H,1H3/p+1. The van der Waals surface area contributed by atoms with E-state index in [4.69, 9.17) is 10.1 Å². The van der Waals surface area contributed by atoms with Crippen LogP contribution in [0.2, 0.25) is 0 Å². The number of ether oxygens (including phenoxy) is 1. The molecule has 2 aromatic carbocycles. The summed E-state index contributed by atoms with van der Waals surface area (Å²) in [6.07, 6.45) is 0. The molecule has 0 saturated heterocycles. The van der Waals surface area contributed by atoms with Gasteiger partial charge in [0.2, 0.25) is 11.1 Å². The van der Waals surface area contributed by atoms with E-state index in [1.54, 1.807) is 31.4 Å². The number of phenols is 1. The van der Waals surface area contributed by atoms with Crippen LogP contribution >= 0.6 is 0 Å². The van der Waals surface area contributed by atoms with Gasteiger partial charge in [-0.25, -0.2) is 0 Å². The normalized spacial score (nSPS) is 9.87. The van der Waals surface area contributed by atoms with Gasteiger partial charge < -0.3 is 9.84 Å². The second-order valence-corrected chi connectivity index (χ2v) is 3.09. The molecule has 0 aliphatic carbocycles. The zero-order valence-corrected chi connectivity index (χ0v) is 8.14. The molecule has 0 aliphatic rings. The van der Waals surface area contributed by atoms with Gasteiger partial charge in [0.1, 0.15) is 5.75 Å². The zero-order valence-electron chi connectivity index (χ0n) is 8.14. The van der Waals surface area contributed by atoms with E-state index >= 15 is 0 Å². The van der Waals surface area contributed by atoms with Crippen LogP contribution in [0.4, 0.5) is 5.69 Å². The SMILES string of the molecule is COc1cccc2c(O)c([N+]#N)ccc12. The fourth-order valence-electron chi connectivity index (χ4n) is 1.56. The second-order valence-electron chi connectivity index (χ2n) is 3.09. The molecule has 0 atom stereocenters. The van der Waals surface area contributed by atoms with E-state index in [1.807, 2.05) is 0 Å². The lowest BCUT2D eigenvalue weighted by molar-refractivity contribution is 0.419. The Morgan fingerprint density at radius 2 is 2.00 bits per heavy atom. The average molecular weight is 201 g/mol. The van der Waals surface area contributed by atoms with Gasteiger partial charge >= 0.3 is 5.69 Å². The van der Waals surface area contributed by atoms with Gasteiger partial charge in [0.25, 0.3) is 0 Å². The smallest absolute Gasteiger partial charge is 0.426 e. The maximum atomic E-state index is 9.76. The van der Waals surface area contributed by atoms with E-state index in [0.717, 1.165) is 5.39 Å². The molecule has 0 amide bonds. The summed E-state index contributed by atoms with van der Waals surface area (Å²) in [4.78, 5) is 2.98. The molecular weight excluding hydrogens is 192 g/mol. The first-order chi connectivity index (χ1) is 7.27. The third-order valence-electron chi connectivity index (χ3n) is 2.30. The van der Waals surface area contributed by atoms with Crippen LogP contribution < -0.4 is 4.74 Å². The summed E-state index contributed by atoms with van der Waals surface area (Å²) < 4.78 is 5.15. The highest BCUT2D eigenvalue weighted by molar-refractivity contribution is 5.96. The van der Waals surface area contributed by atoms with Crippen LogP contribution in [-0.2, 0) is 0 Å². The van der Waals surface area contributed by atoms with Crippen molar-refractivity contribution >= 4 is 16.5 Å². The Kier molecular flexibility index (Phi) is 2.14. The summed E-state index contributed by atoms with van der Waals surface area (Å²) in [6, 6.07) is 8.57. The predicted molar refractivity (Wildman–Crippen MR) is 56.9 cm³/mol. The minimum Gasteiger partial charge on any atom is -0.501 e. The number of phenolic OH excluding ortho intramolecular Hbond substituents is 1. The monoisotopic (exact) mass is 201 g/mol. The molecule has 1 N–H and O–H groups in total. The van der Waals surface area contributed by atoms with Gasteiger partial charge in [-0.2, -0.15) is 0 Å². The molecule has 0 unspecified atom stereocenters. The molecule has 0 saturated carbocycles. The maximum Gasteiger partial charge on any atom is 0.426 e. The number of benzene rings is 2. The first kappa shape index (κ1) is 9.28. The number of nitrogens with zero attached hydrogens (tertiary/aromatic N) is 2. The van der Waals surface area contributed by atoms with Crippen LogP contribution in [0.1, 0.15) is 0 Å². The molecule has 2 rings (SSSR count). The average Bonchev–Trinajstić information content (AvgIpc) is 2.29. The predicted octanol–water partition coefficient (Wildman–Crippen LogP) is 3.04. The largest absolute Gasteiger partial charge is 0.501 e. The van der Waals surface area contributed by atoms with E-state index < -0.39 is 0 Å². The van der Waals surface area contributed by atoms with Crippen molar-refractivity contribution in [3.63, 3.8) is 0 Å². The van der Waals surface area contributed by atoms with Gasteiger partial charge in [0.05, 0.1) is 7.11 Å². The first-order valence-corrected chi connectivity index (χ1v) is 4.41. The highest BCUT2D eigenvalue weighted by Crippen LogP contribution is 2.37. The third kappa shape index (κ3) is 1.34. The Morgan fingerprint density at radius 3 is 2.67 bits per heavy atom. The molecule has 0 fully saturated rings. The van der Waals surface area contributed by atoms with E-state index in [1.165, 1.54) is 6.07 Å². The second kappa shape index (κ2) is 3.46. The summed E-state index contributed by atoms with van der Waals surface area (Å²) in [5.74, 6) is 0.626. The number of hydrogen-bond acceptors (Lipinski definition) is 3. The molecule has 4 heteroatoms. The number of aromatic hydroxyl groups is 1. The van der Waals surface area contributed by atoms with Gasteiger partial charge in [-0.3, -0.25) is 0 Å². The highest BCUT2D eigenvalue weighted by Gasteiger charge is 2.17. The molecular formula is C11H9N2O2+. The molecule has 0 radical (unpaired) electrons. The zero-order chi connectivity index (χ0) is 10.8. The van der Waals surface area contributed by atoms with Crippen LogP contribution in [0.5, 0.6) is 11.5 Å². The maximum absolute atomic E-state index is 9.76. The Bertz CT molecular complexity index is 558. The molecule has 74 valence electrons. The summed E-state index contributed by atoms with van der Waals surface area (Å²) in [5.41, 5.74) is 0.149. The quantitative estimate of drug-likeness (QED) is 0.721. The van der Waals surface area contributed by atoms with Crippen molar-refractivity contribution < 1.29 is 9.84 Å². The van der Waals surface area contributed by atoms with Gasteiger partial charge in [-0.05, 0) is 12.1 Å². The molecule has 0 aliphatic heterocycles. The topological polar surface area (TPSA) is 57.6 Å². The van der Waals surface area contributed by atoms with Gasteiger partial charge in [0, 0.05) is 16.8 Å². The number of diazo groups is 1. The lowest BCUT2D eigenvalue weighted by atomic mass is 10.1. The lowest BCUT2D eigenvalue weighted by Crippen LogP contribution is -1.84. The molecule has 0 spiro atoms. The van der Waals surface area contributed by atoms with Gasteiger partial charge in [0.15, 0.2) is 4.98 Å². The van der Waals surface area contributed by atoms with E-state index in [0.29, 0.717) is 11.1 Å². The van der Waals surface area contributed by atoms with Crippen LogP contribution in [0.25, 0.3) is 15.7 Å². The number of fused-ring (bicyclic) bond motifs is 1. The number of methoxy groups -OCH3 is 1. The van der Waals surface area contributed by atoms with Crippen LogP contribution in [0.15, 0.2) is 30.3 Å². The third-order valence-corrected chi connectivity index (χ3v) is 2.30. The minimum atomic E-state index is -0.0473. The van der Waals surface area contributed by atoms with E-state index in [2.05, 4.69) is 4.98 Å². The first-order valence-electron chi connectivity index (χ1n) is 4.41. The van der Waals surface area contributed by atoms with Crippen molar-refractivity contribution in [2.24, 2.45) is 0 Å². The van der Waals surface area contributed by atoms with Crippen LogP contribution in [-0.4, -0.2) is 12.2 Å². The fourth-order valence-corrected chi connectivity index (χ4v) is 1.56. The molecule has 4 nitrogen and oxygen atoms in total. The molecule has 0 heterocycles. The van der Waals surface area contributed by atoms with Gasteiger partial charge in [-0.1, -0.05) is 12.1 Å². The summed E-state index contributed by atoms with van der Waals surface area (Å²) >= 11 is 0. The van der Waals surface area contributed by atoms with E-state index in [-0.39, 0.29) is 11.4 Å². The molecule has 2 aromatic rings. The Hall–Kier alpha value is -2.28. The number of hydrogen-bond donors (Lipinski definition) is 1. The van der Waals surface area contributed by atoms with Crippen LogP contribution in [0, 0.1) is 5.39 Å². The lowest BCUT2D eigenvalue weighted by Gasteiger charge is -2.04. The Morgan fingerprint density at radius 1 is 1.20 bits per heavy atom. The number of rotatable bonds is 1. The fraction of sp³-hybridized carbons (Fsp3) is 0.0909. The summed E-state index contributed by atoms with van der Waals surface area (Å²) in [6.45, 7) is 0. The molecule has 0 aromatic heterocycles. The van der Waals surface area contributed by atoms with Crippen molar-refractivity contribution in [3.8, 4) is 11.5 Å². The van der Waals surface area contributed by atoms with Crippen LogP contribution in [0.3, 0.4) is 0 Å². The minimum absolute atomic E-state index is 0.0473. The van der Waals surface area contributed by atoms with Crippen molar-refractivity contribution in [2.75, 3.05) is 7.11 Å². The summed E-state index contributed by atoms with van der Waals surface area (Å²) in [5, 5.41) is 19.8. The summed E-state index contributed by atoms with van der Waals surface area (Å²) in [7, 11) is 1.57. The van der Waals surface area contributed by atoms with E-state index in [9.17, 15) is 5.11 Å². The highest BCUT2D eigenvalue weighted by atomic mass is 16.5. The Labute approximate surface area is 86.3 Å². The Balaban J connectivity index is 2.85. The van der Waals surface area contributed by atoms with Crippen molar-refractivity contribution in [1.82, 2.24) is 0 Å². The van der Waals surface area contributed by atoms with Gasteiger partial charge in [-0.15, -0.1) is 0 Å². The van der Waals surface area contributed by atoms with Crippen molar-refractivity contribution in [2.45, 2.75) is 0 Å².